The Labute approximate surface area is 117 Å². The molecule has 0 radical (unpaired) electrons. The van der Waals surface area contributed by atoms with Crippen LogP contribution in [0.25, 0.3) is 0 Å². The van der Waals surface area contributed by atoms with Crippen LogP contribution in [0.3, 0.4) is 0 Å². The molecule has 1 aromatic carbocycles. The first kappa shape index (κ1) is 13.6. The minimum atomic E-state index is 0.399. The zero-order chi connectivity index (χ0) is 13.8. The van der Waals surface area contributed by atoms with E-state index in [2.05, 4.69) is 9.97 Å². The van der Waals surface area contributed by atoms with Gasteiger partial charge in [-0.25, -0.2) is 4.98 Å². The van der Waals surface area contributed by atoms with Gasteiger partial charge in [0.25, 0.3) is 0 Å². The van der Waals surface area contributed by atoms with E-state index in [0.717, 1.165) is 0 Å². The summed E-state index contributed by atoms with van der Waals surface area (Å²) in [5, 5.41) is 0.399. The summed E-state index contributed by atoms with van der Waals surface area (Å²) >= 11 is 6.02. The van der Waals surface area contributed by atoms with Gasteiger partial charge in [0.2, 0.25) is 5.88 Å². The van der Waals surface area contributed by atoms with Gasteiger partial charge in [-0.2, -0.15) is 4.98 Å². The number of para-hydroxylation sites is 2. The molecule has 0 N–H and O–H groups in total. The van der Waals surface area contributed by atoms with E-state index in [1.54, 1.807) is 6.92 Å². The van der Waals surface area contributed by atoms with Crippen molar-refractivity contribution in [3.05, 3.63) is 40.8 Å². The number of benzene rings is 1. The molecule has 0 bridgehead atoms. The number of rotatable bonds is 4. The van der Waals surface area contributed by atoms with Crippen molar-refractivity contribution in [2.45, 2.75) is 20.8 Å². The summed E-state index contributed by atoms with van der Waals surface area (Å²) in [7, 11) is 0. The molecule has 4 nitrogen and oxygen atoms in total. The van der Waals surface area contributed by atoms with Crippen LogP contribution in [0.5, 0.6) is 17.4 Å². The molecule has 0 spiro atoms. The van der Waals surface area contributed by atoms with Crippen LogP contribution in [0, 0.1) is 13.8 Å². The van der Waals surface area contributed by atoms with Gasteiger partial charge < -0.3 is 9.47 Å². The molecule has 0 saturated carbocycles. The highest BCUT2D eigenvalue weighted by molar-refractivity contribution is 6.30. The summed E-state index contributed by atoms with van der Waals surface area (Å²) in [5.74, 6) is 2.31. The van der Waals surface area contributed by atoms with Crippen molar-refractivity contribution >= 4 is 11.6 Å². The van der Waals surface area contributed by atoms with Crippen molar-refractivity contribution in [1.82, 2.24) is 9.97 Å². The fourth-order valence-electron chi connectivity index (χ4n) is 1.58. The zero-order valence-corrected chi connectivity index (χ0v) is 11.9. The first-order valence-corrected chi connectivity index (χ1v) is 6.40. The molecule has 2 aromatic rings. The number of hydrogen-bond donors (Lipinski definition) is 0. The monoisotopic (exact) mass is 278 g/mol. The molecule has 19 heavy (non-hydrogen) atoms. The Bertz CT molecular complexity index is 588. The third kappa shape index (κ3) is 3.15. The Kier molecular flexibility index (Phi) is 4.22. The molecule has 5 heteroatoms. The number of hydrogen-bond acceptors (Lipinski definition) is 4. The van der Waals surface area contributed by atoms with E-state index in [4.69, 9.17) is 21.1 Å². The highest BCUT2D eigenvalue weighted by Gasteiger charge is 2.12. The van der Waals surface area contributed by atoms with Crippen LogP contribution in [0.4, 0.5) is 0 Å². The minimum Gasteiger partial charge on any atom is -0.490 e. The topological polar surface area (TPSA) is 44.2 Å². The van der Waals surface area contributed by atoms with Crippen LogP contribution >= 0.6 is 11.6 Å². The summed E-state index contributed by atoms with van der Waals surface area (Å²) in [6.45, 7) is 6.09. The standard InChI is InChI=1S/C14H15ClN2O2/c1-4-18-11-7-5-6-8-12(11)19-14-9(2)13(15)16-10(3)17-14/h5-8H,4H2,1-3H3. The lowest BCUT2D eigenvalue weighted by atomic mass is 10.3. The molecule has 0 saturated heterocycles. The Morgan fingerprint density at radius 1 is 1.11 bits per heavy atom. The lowest BCUT2D eigenvalue weighted by Gasteiger charge is -2.12. The second-order valence-electron chi connectivity index (χ2n) is 3.97. The van der Waals surface area contributed by atoms with E-state index in [1.165, 1.54) is 0 Å². The lowest BCUT2D eigenvalue weighted by molar-refractivity contribution is 0.319. The maximum Gasteiger partial charge on any atom is 0.227 e. The van der Waals surface area contributed by atoms with Gasteiger partial charge in [-0.05, 0) is 32.9 Å². The quantitative estimate of drug-likeness (QED) is 0.795. The SMILES string of the molecule is CCOc1ccccc1Oc1nc(C)nc(Cl)c1C. The van der Waals surface area contributed by atoms with Gasteiger partial charge in [0.1, 0.15) is 11.0 Å². The summed E-state index contributed by atoms with van der Waals surface area (Å²) in [4.78, 5) is 8.33. The van der Waals surface area contributed by atoms with Gasteiger partial charge >= 0.3 is 0 Å². The van der Waals surface area contributed by atoms with Gasteiger partial charge in [0.05, 0.1) is 6.61 Å². The fourth-order valence-corrected chi connectivity index (χ4v) is 1.79. The van der Waals surface area contributed by atoms with Gasteiger partial charge in [-0.15, -0.1) is 0 Å². The molecular weight excluding hydrogens is 264 g/mol. The van der Waals surface area contributed by atoms with Gasteiger partial charge in [0, 0.05) is 5.56 Å². The summed E-state index contributed by atoms with van der Waals surface area (Å²) in [5.41, 5.74) is 0.707. The lowest BCUT2D eigenvalue weighted by Crippen LogP contribution is -1.99. The Morgan fingerprint density at radius 2 is 1.79 bits per heavy atom. The minimum absolute atomic E-state index is 0.399. The number of aryl methyl sites for hydroxylation is 1. The molecular formula is C14H15ClN2O2. The fraction of sp³-hybridized carbons (Fsp3) is 0.286. The van der Waals surface area contributed by atoms with E-state index >= 15 is 0 Å². The van der Waals surface area contributed by atoms with E-state index in [9.17, 15) is 0 Å². The maximum absolute atomic E-state index is 6.02. The van der Waals surface area contributed by atoms with E-state index in [0.29, 0.717) is 40.5 Å². The molecule has 0 aliphatic heterocycles. The van der Waals surface area contributed by atoms with Crippen molar-refractivity contribution in [3.63, 3.8) is 0 Å². The third-order valence-corrected chi connectivity index (χ3v) is 2.88. The largest absolute Gasteiger partial charge is 0.490 e. The van der Waals surface area contributed by atoms with Crippen molar-refractivity contribution in [2.75, 3.05) is 6.61 Å². The molecule has 1 aromatic heterocycles. The number of ether oxygens (including phenoxy) is 2. The maximum atomic E-state index is 6.02. The number of aromatic nitrogens is 2. The molecule has 0 atom stereocenters. The third-order valence-electron chi connectivity index (χ3n) is 2.51. The number of halogens is 1. The van der Waals surface area contributed by atoms with Gasteiger partial charge in [0.15, 0.2) is 11.5 Å². The van der Waals surface area contributed by atoms with E-state index < -0.39 is 0 Å². The molecule has 0 fully saturated rings. The van der Waals surface area contributed by atoms with E-state index in [-0.39, 0.29) is 0 Å². The molecule has 0 amide bonds. The predicted molar refractivity (Wildman–Crippen MR) is 74.2 cm³/mol. The highest BCUT2D eigenvalue weighted by atomic mass is 35.5. The first-order chi connectivity index (χ1) is 9.11. The molecule has 0 aliphatic carbocycles. The average Bonchev–Trinajstić information content (AvgIpc) is 2.38. The Morgan fingerprint density at radius 3 is 2.47 bits per heavy atom. The van der Waals surface area contributed by atoms with Crippen molar-refractivity contribution in [1.29, 1.82) is 0 Å². The normalized spacial score (nSPS) is 10.3. The van der Waals surface area contributed by atoms with Crippen LogP contribution in [-0.4, -0.2) is 16.6 Å². The second kappa shape index (κ2) is 5.89. The Balaban J connectivity index is 2.36. The van der Waals surface area contributed by atoms with Crippen molar-refractivity contribution in [3.8, 4) is 17.4 Å². The molecule has 0 unspecified atom stereocenters. The van der Waals surface area contributed by atoms with Crippen LogP contribution in [0.2, 0.25) is 5.15 Å². The predicted octanol–water partition coefficient (Wildman–Crippen LogP) is 3.94. The van der Waals surface area contributed by atoms with E-state index in [1.807, 2.05) is 38.1 Å². The van der Waals surface area contributed by atoms with Crippen LogP contribution < -0.4 is 9.47 Å². The van der Waals surface area contributed by atoms with Crippen molar-refractivity contribution < 1.29 is 9.47 Å². The molecule has 1 heterocycles. The van der Waals surface area contributed by atoms with Gasteiger partial charge in [-0.3, -0.25) is 0 Å². The Hall–Kier alpha value is -1.81. The summed E-state index contributed by atoms with van der Waals surface area (Å²) in [6, 6.07) is 7.45. The van der Waals surface area contributed by atoms with Crippen molar-refractivity contribution in [2.24, 2.45) is 0 Å². The smallest absolute Gasteiger partial charge is 0.227 e. The molecule has 2 rings (SSSR count). The highest BCUT2D eigenvalue weighted by Crippen LogP contribution is 2.33. The number of nitrogens with zero attached hydrogens (tertiary/aromatic N) is 2. The van der Waals surface area contributed by atoms with Gasteiger partial charge in [-0.1, -0.05) is 23.7 Å². The van der Waals surface area contributed by atoms with Crippen LogP contribution in [0.15, 0.2) is 24.3 Å². The first-order valence-electron chi connectivity index (χ1n) is 6.02. The van der Waals surface area contributed by atoms with Crippen LogP contribution in [0.1, 0.15) is 18.3 Å². The summed E-state index contributed by atoms with van der Waals surface area (Å²) in [6.07, 6.45) is 0. The van der Waals surface area contributed by atoms with Crippen LogP contribution in [-0.2, 0) is 0 Å². The molecule has 0 aliphatic rings. The second-order valence-corrected chi connectivity index (χ2v) is 4.33. The average molecular weight is 279 g/mol. The molecule has 100 valence electrons. The zero-order valence-electron chi connectivity index (χ0n) is 11.1. The summed E-state index contributed by atoms with van der Waals surface area (Å²) < 4.78 is 11.3.